The third-order valence-electron chi connectivity index (χ3n) is 4.90. The zero-order valence-electron chi connectivity index (χ0n) is 17.0. The Kier molecular flexibility index (Phi) is 7.02. The second kappa shape index (κ2) is 9.51. The predicted octanol–water partition coefficient (Wildman–Crippen LogP) is 4.69. The Bertz CT molecular complexity index is 1120. The van der Waals surface area contributed by atoms with Gasteiger partial charge in [-0.3, -0.25) is 0 Å². The molecular weight excluding hydrogens is 414 g/mol. The topological polar surface area (TPSA) is 63.2 Å². The van der Waals surface area contributed by atoms with E-state index in [9.17, 15) is 12.6 Å². The lowest BCUT2D eigenvalue weighted by molar-refractivity contribution is 0.564. The van der Waals surface area contributed by atoms with Gasteiger partial charge in [0.1, 0.15) is 16.2 Å². The molecule has 0 aliphatic heterocycles. The fourth-order valence-corrected chi connectivity index (χ4v) is 5.96. The molecule has 3 atom stereocenters. The molecule has 0 bridgehead atoms. The molecule has 0 saturated heterocycles. The maximum absolute atomic E-state index is 13.4. The molecule has 0 aliphatic rings. The number of benzene rings is 3. The van der Waals surface area contributed by atoms with Gasteiger partial charge in [-0.25, -0.2) is 17.3 Å². The van der Waals surface area contributed by atoms with Crippen molar-refractivity contribution in [3.8, 4) is 0 Å². The molecule has 1 N–H and O–H groups in total. The first kappa shape index (κ1) is 22.2. The van der Waals surface area contributed by atoms with Crippen LogP contribution in [0.15, 0.2) is 101 Å². The number of rotatable bonds is 8. The summed E-state index contributed by atoms with van der Waals surface area (Å²) in [5, 5.41) is -1.00. The van der Waals surface area contributed by atoms with Crippen LogP contribution in [0.1, 0.15) is 22.7 Å². The number of aryl methyl sites for hydroxylation is 2. The van der Waals surface area contributed by atoms with Crippen molar-refractivity contribution in [2.75, 3.05) is 0 Å². The first-order valence-electron chi connectivity index (χ1n) is 9.55. The highest BCUT2D eigenvalue weighted by atomic mass is 32.2. The molecule has 156 valence electrons. The average Bonchev–Trinajstić information content (AvgIpc) is 2.75. The smallest absolute Gasteiger partial charge is 0.186 e. The van der Waals surface area contributed by atoms with E-state index in [2.05, 4.69) is 11.3 Å². The van der Waals surface area contributed by atoms with E-state index in [1.54, 1.807) is 42.5 Å². The molecule has 1 unspecified atom stereocenters. The van der Waals surface area contributed by atoms with Gasteiger partial charge < -0.3 is 0 Å². The van der Waals surface area contributed by atoms with Crippen molar-refractivity contribution in [2.45, 2.75) is 34.9 Å². The van der Waals surface area contributed by atoms with E-state index < -0.39 is 32.1 Å². The third kappa shape index (κ3) is 4.95. The lowest BCUT2D eigenvalue weighted by Gasteiger charge is -2.26. The maximum atomic E-state index is 13.4. The van der Waals surface area contributed by atoms with E-state index in [0.29, 0.717) is 4.90 Å². The Balaban J connectivity index is 2.03. The summed E-state index contributed by atoms with van der Waals surface area (Å²) in [6, 6.07) is 22.4. The van der Waals surface area contributed by atoms with E-state index in [0.717, 1.165) is 16.7 Å². The van der Waals surface area contributed by atoms with E-state index in [1.165, 1.54) is 6.08 Å². The lowest BCUT2D eigenvalue weighted by Crippen LogP contribution is -2.37. The number of sulfone groups is 1. The molecule has 30 heavy (non-hydrogen) atoms. The van der Waals surface area contributed by atoms with Gasteiger partial charge in [0, 0.05) is 0 Å². The van der Waals surface area contributed by atoms with Crippen LogP contribution in [0.25, 0.3) is 0 Å². The molecule has 0 saturated carbocycles. The summed E-state index contributed by atoms with van der Waals surface area (Å²) in [5.74, 6) is 0. The number of hydrogen-bond acceptors (Lipinski definition) is 3. The maximum Gasteiger partial charge on any atom is 0.186 e. The van der Waals surface area contributed by atoms with Gasteiger partial charge in [-0.05, 0) is 43.7 Å². The van der Waals surface area contributed by atoms with Gasteiger partial charge in [-0.15, -0.1) is 6.58 Å². The minimum Gasteiger partial charge on any atom is -0.237 e. The van der Waals surface area contributed by atoms with Crippen LogP contribution in [0.4, 0.5) is 0 Å². The molecule has 0 aromatic heterocycles. The Hall–Kier alpha value is -2.54. The molecule has 0 aliphatic carbocycles. The summed E-state index contributed by atoms with van der Waals surface area (Å²) in [5.41, 5.74) is 2.84. The van der Waals surface area contributed by atoms with Gasteiger partial charge >= 0.3 is 0 Å². The van der Waals surface area contributed by atoms with Crippen LogP contribution in [-0.4, -0.2) is 17.9 Å². The second-order valence-corrected chi connectivity index (χ2v) is 10.5. The number of nitrogens with one attached hydrogen (secondary N) is 1. The standard InChI is InChI=1S/C24H25NO3S2/c1-4-23(30(27,28)22-8-6-5-7-9-22)24(20-14-10-18(2)11-15-20)25-29(26)21-16-12-19(3)13-17-21/h4-17,23-25H,1H2,2-3H3/t23-,24+,29?/m0/s1. The van der Waals surface area contributed by atoms with Gasteiger partial charge in [-0.2, -0.15) is 0 Å². The summed E-state index contributed by atoms with van der Waals surface area (Å²) in [7, 11) is -5.36. The SMILES string of the molecule is C=C[C@@H]([C@H](NS(=O)c1ccc(C)cc1)c1ccc(C)cc1)S(=O)(=O)c1ccccc1. The monoisotopic (exact) mass is 439 g/mol. The molecule has 4 nitrogen and oxygen atoms in total. The summed E-state index contributed by atoms with van der Waals surface area (Å²) < 4.78 is 42.9. The summed E-state index contributed by atoms with van der Waals surface area (Å²) in [4.78, 5) is 0.785. The summed E-state index contributed by atoms with van der Waals surface area (Å²) >= 11 is 0. The Morgan fingerprint density at radius 2 is 1.40 bits per heavy atom. The van der Waals surface area contributed by atoms with Crippen molar-refractivity contribution in [1.29, 1.82) is 0 Å². The fourth-order valence-electron chi connectivity index (χ4n) is 3.15. The molecule has 0 radical (unpaired) electrons. The largest absolute Gasteiger partial charge is 0.237 e. The third-order valence-corrected chi connectivity index (χ3v) is 8.18. The molecule has 3 aromatic carbocycles. The normalized spacial score (nSPS) is 14.6. The minimum absolute atomic E-state index is 0.204. The fraction of sp³-hybridized carbons (Fsp3) is 0.167. The molecule has 0 heterocycles. The van der Waals surface area contributed by atoms with Crippen molar-refractivity contribution < 1.29 is 12.6 Å². The number of hydrogen-bond donors (Lipinski definition) is 1. The first-order valence-corrected chi connectivity index (χ1v) is 12.2. The Labute approximate surface area is 181 Å². The van der Waals surface area contributed by atoms with Gasteiger partial charge in [0.25, 0.3) is 0 Å². The summed E-state index contributed by atoms with van der Waals surface area (Å²) in [6.07, 6.45) is 1.41. The van der Waals surface area contributed by atoms with Gasteiger partial charge in [0.05, 0.1) is 15.8 Å². The Morgan fingerprint density at radius 3 is 1.93 bits per heavy atom. The highest BCUT2D eigenvalue weighted by Gasteiger charge is 2.34. The van der Waals surface area contributed by atoms with Gasteiger partial charge in [-0.1, -0.05) is 71.8 Å². The molecule has 6 heteroatoms. The second-order valence-electron chi connectivity index (χ2n) is 7.15. The first-order chi connectivity index (χ1) is 14.3. The van der Waals surface area contributed by atoms with Crippen LogP contribution in [-0.2, 0) is 20.8 Å². The van der Waals surface area contributed by atoms with E-state index in [4.69, 9.17) is 0 Å². The highest BCUT2D eigenvalue weighted by molar-refractivity contribution is 7.92. The van der Waals surface area contributed by atoms with Crippen LogP contribution in [0.2, 0.25) is 0 Å². The summed E-state index contributed by atoms with van der Waals surface area (Å²) in [6.45, 7) is 7.70. The van der Waals surface area contributed by atoms with Crippen molar-refractivity contribution in [3.05, 3.63) is 108 Å². The van der Waals surface area contributed by atoms with E-state index in [-0.39, 0.29) is 4.90 Å². The van der Waals surface area contributed by atoms with E-state index >= 15 is 0 Å². The lowest BCUT2D eigenvalue weighted by atomic mass is 10.0. The zero-order chi connectivity index (χ0) is 21.7. The Morgan fingerprint density at radius 1 is 0.867 bits per heavy atom. The van der Waals surface area contributed by atoms with Gasteiger partial charge in [0.15, 0.2) is 9.84 Å². The molecule has 0 spiro atoms. The molecule has 3 aromatic rings. The van der Waals surface area contributed by atoms with Crippen LogP contribution >= 0.6 is 0 Å². The van der Waals surface area contributed by atoms with Crippen molar-refractivity contribution in [3.63, 3.8) is 0 Å². The molecular formula is C24H25NO3S2. The quantitative estimate of drug-likeness (QED) is 0.518. The predicted molar refractivity (Wildman–Crippen MR) is 122 cm³/mol. The van der Waals surface area contributed by atoms with Gasteiger partial charge in [0.2, 0.25) is 0 Å². The minimum atomic E-state index is -3.76. The van der Waals surface area contributed by atoms with Crippen LogP contribution in [0.5, 0.6) is 0 Å². The van der Waals surface area contributed by atoms with Crippen molar-refractivity contribution in [2.24, 2.45) is 0 Å². The zero-order valence-corrected chi connectivity index (χ0v) is 18.6. The van der Waals surface area contributed by atoms with Crippen LogP contribution < -0.4 is 4.72 Å². The van der Waals surface area contributed by atoms with Crippen LogP contribution in [0.3, 0.4) is 0 Å². The average molecular weight is 440 g/mol. The molecule has 0 amide bonds. The van der Waals surface area contributed by atoms with Crippen LogP contribution in [0, 0.1) is 13.8 Å². The molecule has 0 fully saturated rings. The van der Waals surface area contributed by atoms with Crippen molar-refractivity contribution >= 4 is 20.8 Å². The van der Waals surface area contributed by atoms with Crippen molar-refractivity contribution in [1.82, 2.24) is 4.72 Å². The highest BCUT2D eigenvalue weighted by Crippen LogP contribution is 2.29. The molecule has 3 rings (SSSR count). The van der Waals surface area contributed by atoms with E-state index in [1.807, 2.05) is 50.2 Å².